The monoisotopic (exact) mass is 372 g/mol. The number of benzene rings is 2. The van der Waals surface area contributed by atoms with E-state index < -0.39 is 0 Å². The molecule has 0 radical (unpaired) electrons. The Morgan fingerprint density at radius 1 is 0.926 bits per heavy atom. The van der Waals surface area contributed by atoms with Crippen LogP contribution < -0.4 is 24.8 Å². The lowest BCUT2D eigenvalue weighted by atomic mass is 10.0. The fourth-order valence-corrected chi connectivity index (χ4v) is 2.68. The Balaban J connectivity index is 1.92. The highest BCUT2D eigenvalue weighted by molar-refractivity contribution is 5.91. The summed E-state index contributed by atoms with van der Waals surface area (Å²) in [5.74, 6) is 1.88. The van der Waals surface area contributed by atoms with E-state index in [1.165, 1.54) is 26.9 Å². The third-order valence-corrected chi connectivity index (χ3v) is 4.21. The molecule has 146 valence electrons. The third-order valence-electron chi connectivity index (χ3n) is 4.21. The lowest BCUT2D eigenvalue weighted by Crippen LogP contribution is -2.16. The molecule has 0 aromatic heterocycles. The van der Waals surface area contributed by atoms with E-state index in [2.05, 4.69) is 36.6 Å². The second kappa shape index (κ2) is 9.71. The highest BCUT2D eigenvalue weighted by Crippen LogP contribution is 2.39. The van der Waals surface area contributed by atoms with Crippen LogP contribution in [0.3, 0.4) is 0 Å². The number of methoxy groups -OCH3 is 3. The van der Waals surface area contributed by atoms with Gasteiger partial charge in [-0.2, -0.15) is 0 Å². The minimum Gasteiger partial charge on any atom is -0.493 e. The number of carbonyl (C=O) groups excluding carboxylic acids is 1. The Hall–Kier alpha value is -2.89. The van der Waals surface area contributed by atoms with Crippen LogP contribution in [0.15, 0.2) is 36.4 Å². The lowest BCUT2D eigenvalue weighted by Gasteiger charge is -2.15. The predicted molar refractivity (Wildman–Crippen MR) is 108 cm³/mol. The summed E-state index contributed by atoms with van der Waals surface area (Å²) in [5, 5.41) is 6.12. The number of carbonyl (C=O) groups is 1. The summed E-state index contributed by atoms with van der Waals surface area (Å²) in [4.78, 5) is 12.2. The second-order valence-electron chi connectivity index (χ2n) is 6.42. The van der Waals surface area contributed by atoms with E-state index in [1.807, 2.05) is 12.1 Å². The average Bonchev–Trinajstić information content (AvgIpc) is 2.67. The molecule has 0 bridgehead atoms. The molecule has 0 aliphatic carbocycles. The summed E-state index contributed by atoms with van der Waals surface area (Å²) in [7, 11) is 4.62. The average molecular weight is 372 g/mol. The Kier molecular flexibility index (Phi) is 7.34. The van der Waals surface area contributed by atoms with Gasteiger partial charge >= 0.3 is 0 Å². The van der Waals surface area contributed by atoms with E-state index >= 15 is 0 Å². The van der Waals surface area contributed by atoms with Crippen LogP contribution in [0.1, 0.15) is 31.7 Å². The number of anilines is 2. The van der Waals surface area contributed by atoms with Crippen molar-refractivity contribution in [3.63, 3.8) is 0 Å². The highest BCUT2D eigenvalue weighted by atomic mass is 16.5. The van der Waals surface area contributed by atoms with Crippen LogP contribution in [0.5, 0.6) is 17.2 Å². The summed E-state index contributed by atoms with van der Waals surface area (Å²) in [5.41, 5.74) is 2.89. The van der Waals surface area contributed by atoms with Gasteiger partial charge in [0.15, 0.2) is 11.5 Å². The third kappa shape index (κ3) is 5.54. The minimum absolute atomic E-state index is 0.101. The summed E-state index contributed by atoms with van der Waals surface area (Å²) < 4.78 is 15.9. The Morgan fingerprint density at radius 2 is 1.52 bits per heavy atom. The van der Waals surface area contributed by atoms with Crippen molar-refractivity contribution < 1.29 is 19.0 Å². The van der Waals surface area contributed by atoms with Crippen LogP contribution in [-0.4, -0.2) is 33.8 Å². The Bertz CT molecular complexity index is 732. The van der Waals surface area contributed by atoms with Crippen molar-refractivity contribution in [1.29, 1.82) is 0 Å². The van der Waals surface area contributed by atoms with E-state index in [0.717, 1.165) is 5.69 Å². The van der Waals surface area contributed by atoms with Crippen LogP contribution >= 0.6 is 0 Å². The molecule has 1 amide bonds. The van der Waals surface area contributed by atoms with Gasteiger partial charge in [0.25, 0.3) is 0 Å². The molecule has 0 aliphatic rings. The largest absolute Gasteiger partial charge is 0.493 e. The van der Waals surface area contributed by atoms with Crippen molar-refractivity contribution in [2.45, 2.75) is 26.2 Å². The van der Waals surface area contributed by atoms with Gasteiger partial charge in [-0.3, -0.25) is 4.79 Å². The molecule has 2 aromatic rings. The van der Waals surface area contributed by atoms with Gasteiger partial charge in [0.05, 0.1) is 21.3 Å². The molecule has 0 unspecified atom stereocenters. The van der Waals surface area contributed by atoms with Gasteiger partial charge in [-0.1, -0.05) is 26.0 Å². The maximum absolute atomic E-state index is 12.2. The summed E-state index contributed by atoms with van der Waals surface area (Å²) in [6.45, 7) is 4.86. The van der Waals surface area contributed by atoms with Gasteiger partial charge in [-0.05, 0) is 23.6 Å². The van der Waals surface area contributed by atoms with Gasteiger partial charge < -0.3 is 24.8 Å². The molecule has 0 saturated carbocycles. The van der Waals surface area contributed by atoms with E-state index in [1.54, 1.807) is 12.1 Å². The van der Waals surface area contributed by atoms with Crippen LogP contribution in [0.4, 0.5) is 11.4 Å². The zero-order valence-electron chi connectivity index (χ0n) is 16.6. The SMILES string of the molecule is COc1cc(NC(=O)CCNc2ccc(C(C)C)cc2)cc(OC)c1OC. The van der Waals surface area contributed by atoms with Crippen LogP contribution in [-0.2, 0) is 4.79 Å². The number of ether oxygens (including phenoxy) is 3. The smallest absolute Gasteiger partial charge is 0.226 e. The molecule has 2 N–H and O–H groups in total. The number of amides is 1. The van der Waals surface area contributed by atoms with Crippen LogP contribution in [0.25, 0.3) is 0 Å². The number of hydrogen-bond acceptors (Lipinski definition) is 5. The summed E-state index contributed by atoms with van der Waals surface area (Å²) >= 11 is 0. The molecule has 0 atom stereocenters. The number of rotatable bonds is 9. The van der Waals surface area contributed by atoms with Gasteiger partial charge in [-0.25, -0.2) is 0 Å². The van der Waals surface area contributed by atoms with Gasteiger partial charge in [0.1, 0.15) is 0 Å². The van der Waals surface area contributed by atoms with Crippen molar-refractivity contribution in [2.24, 2.45) is 0 Å². The number of hydrogen-bond donors (Lipinski definition) is 2. The first-order chi connectivity index (χ1) is 13.0. The molecule has 0 aliphatic heterocycles. The van der Waals surface area contributed by atoms with Crippen molar-refractivity contribution in [3.8, 4) is 17.2 Å². The normalized spacial score (nSPS) is 10.4. The summed E-state index contributed by atoms with van der Waals surface area (Å²) in [6.07, 6.45) is 0.336. The van der Waals surface area contributed by atoms with E-state index in [4.69, 9.17) is 14.2 Å². The first kappa shape index (κ1) is 20.4. The molecule has 2 rings (SSSR count). The topological polar surface area (TPSA) is 68.8 Å². The standard InChI is InChI=1S/C21H28N2O4/c1-14(2)15-6-8-16(9-7-15)22-11-10-20(24)23-17-12-18(25-3)21(27-5)19(13-17)26-4/h6-9,12-14,22H,10-11H2,1-5H3,(H,23,24). The maximum atomic E-state index is 12.2. The van der Waals surface area contributed by atoms with Crippen molar-refractivity contribution >= 4 is 17.3 Å². The molecular formula is C21H28N2O4. The van der Waals surface area contributed by atoms with E-state index in [9.17, 15) is 4.79 Å². The predicted octanol–water partition coefficient (Wildman–Crippen LogP) is 4.28. The van der Waals surface area contributed by atoms with E-state index in [-0.39, 0.29) is 5.91 Å². The molecule has 0 fully saturated rings. The Labute approximate surface area is 160 Å². The lowest BCUT2D eigenvalue weighted by molar-refractivity contribution is -0.115. The van der Waals surface area contributed by atoms with Crippen molar-refractivity contribution in [1.82, 2.24) is 0 Å². The van der Waals surface area contributed by atoms with Crippen molar-refractivity contribution in [3.05, 3.63) is 42.0 Å². The molecule has 0 saturated heterocycles. The fourth-order valence-electron chi connectivity index (χ4n) is 2.68. The molecule has 27 heavy (non-hydrogen) atoms. The molecule has 0 spiro atoms. The van der Waals surface area contributed by atoms with Gasteiger partial charge in [0.2, 0.25) is 11.7 Å². The van der Waals surface area contributed by atoms with E-state index in [0.29, 0.717) is 41.8 Å². The zero-order chi connectivity index (χ0) is 19.8. The number of nitrogens with one attached hydrogen (secondary N) is 2. The maximum Gasteiger partial charge on any atom is 0.226 e. The van der Waals surface area contributed by atoms with Crippen molar-refractivity contribution in [2.75, 3.05) is 38.5 Å². The first-order valence-electron chi connectivity index (χ1n) is 8.92. The molecule has 6 nitrogen and oxygen atoms in total. The van der Waals surface area contributed by atoms with Crippen LogP contribution in [0.2, 0.25) is 0 Å². The second-order valence-corrected chi connectivity index (χ2v) is 6.42. The quantitative estimate of drug-likeness (QED) is 0.688. The molecular weight excluding hydrogens is 344 g/mol. The minimum atomic E-state index is -0.101. The van der Waals surface area contributed by atoms with Crippen LogP contribution in [0, 0.1) is 0 Å². The molecule has 2 aromatic carbocycles. The zero-order valence-corrected chi connectivity index (χ0v) is 16.6. The fraction of sp³-hybridized carbons (Fsp3) is 0.381. The van der Waals surface area contributed by atoms with Gasteiger partial charge in [0, 0.05) is 36.5 Å². The highest BCUT2D eigenvalue weighted by Gasteiger charge is 2.14. The molecule has 6 heteroatoms. The molecule has 0 heterocycles. The Morgan fingerprint density at radius 3 is 2.00 bits per heavy atom. The summed E-state index contributed by atoms with van der Waals surface area (Å²) in [6, 6.07) is 11.7. The first-order valence-corrected chi connectivity index (χ1v) is 8.92. The van der Waals surface area contributed by atoms with Gasteiger partial charge in [-0.15, -0.1) is 0 Å².